The first kappa shape index (κ1) is 8.09. The third-order valence-corrected chi connectivity index (χ3v) is 1.90. The lowest BCUT2D eigenvalue weighted by atomic mass is 10.0. The molecule has 3 nitrogen and oxygen atoms in total. The number of hydrogen-bond donors (Lipinski definition) is 0. The highest BCUT2D eigenvalue weighted by Gasteiger charge is 2.33. The van der Waals surface area contributed by atoms with E-state index in [9.17, 15) is 4.79 Å². The van der Waals surface area contributed by atoms with Crippen molar-refractivity contribution in [2.45, 2.75) is 12.5 Å². The average molecular weight is 153 g/mol. The van der Waals surface area contributed by atoms with E-state index in [-0.39, 0.29) is 12.0 Å². The third kappa shape index (κ3) is 1.52. The lowest BCUT2D eigenvalue weighted by Crippen LogP contribution is -2.52. The number of esters is 1. The summed E-state index contributed by atoms with van der Waals surface area (Å²) in [6.45, 7) is 1.45. The molecule has 0 spiro atoms. The van der Waals surface area contributed by atoms with E-state index in [1.165, 1.54) is 7.11 Å². The summed E-state index contributed by atoms with van der Waals surface area (Å²) < 4.78 is 4.58. The van der Waals surface area contributed by atoms with Gasteiger partial charge in [-0.2, -0.15) is 0 Å². The Kier molecular flexibility index (Phi) is 2.50. The van der Waals surface area contributed by atoms with Crippen LogP contribution in [0.25, 0.3) is 0 Å². The third-order valence-electron chi connectivity index (χ3n) is 1.90. The van der Waals surface area contributed by atoms with E-state index < -0.39 is 0 Å². The summed E-state index contributed by atoms with van der Waals surface area (Å²) in [5, 5.41) is 0. The van der Waals surface area contributed by atoms with E-state index in [4.69, 9.17) is 6.42 Å². The van der Waals surface area contributed by atoms with Crippen LogP contribution in [0.4, 0.5) is 0 Å². The fourth-order valence-electron chi connectivity index (χ4n) is 1.15. The lowest BCUT2D eigenvalue weighted by Gasteiger charge is -2.37. The number of nitrogens with zero attached hydrogens (tertiary/aromatic N) is 1. The molecule has 1 aliphatic rings. The summed E-state index contributed by atoms with van der Waals surface area (Å²) in [4.78, 5) is 12.9. The van der Waals surface area contributed by atoms with Gasteiger partial charge in [0.15, 0.2) is 0 Å². The first-order chi connectivity index (χ1) is 5.29. The second kappa shape index (κ2) is 3.40. The topological polar surface area (TPSA) is 29.5 Å². The SMILES string of the molecule is C#CCN1CCC1C(=O)OC. The van der Waals surface area contributed by atoms with Crippen LogP contribution in [0.2, 0.25) is 0 Å². The van der Waals surface area contributed by atoms with Gasteiger partial charge in [0.2, 0.25) is 0 Å². The van der Waals surface area contributed by atoms with Crippen LogP contribution in [0.3, 0.4) is 0 Å². The standard InChI is InChI=1S/C8H11NO2/c1-3-5-9-6-4-7(9)8(10)11-2/h1,7H,4-6H2,2H3. The van der Waals surface area contributed by atoms with Gasteiger partial charge in [-0.3, -0.25) is 9.69 Å². The Hall–Kier alpha value is -1.01. The van der Waals surface area contributed by atoms with E-state index in [0.29, 0.717) is 6.54 Å². The van der Waals surface area contributed by atoms with Crippen LogP contribution in [0.1, 0.15) is 6.42 Å². The van der Waals surface area contributed by atoms with Gasteiger partial charge in [0.25, 0.3) is 0 Å². The molecule has 0 aliphatic carbocycles. The van der Waals surface area contributed by atoms with Crippen molar-refractivity contribution in [2.24, 2.45) is 0 Å². The number of carbonyl (C=O) groups is 1. The molecule has 11 heavy (non-hydrogen) atoms. The van der Waals surface area contributed by atoms with Gasteiger partial charge in [-0.1, -0.05) is 5.92 Å². The minimum absolute atomic E-state index is 0.0870. The Balaban J connectivity index is 2.38. The number of carbonyl (C=O) groups excluding carboxylic acids is 1. The van der Waals surface area contributed by atoms with Gasteiger partial charge >= 0.3 is 5.97 Å². The average Bonchev–Trinajstić information content (AvgIpc) is 1.98. The molecule has 0 amide bonds. The molecule has 0 aromatic heterocycles. The monoisotopic (exact) mass is 153 g/mol. The fraction of sp³-hybridized carbons (Fsp3) is 0.625. The number of likely N-dealkylation sites (tertiary alicyclic amines) is 1. The van der Waals surface area contributed by atoms with E-state index in [0.717, 1.165) is 13.0 Å². The van der Waals surface area contributed by atoms with Crippen LogP contribution in [-0.4, -0.2) is 37.1 Å². The molecule has 1 atom stereocenters. The molecule has 0 aromatic rings. The summed E-state index contributed by atoms with van der Waals surface area (Å²) in [6.07, 6.45) is 5.97. The van der Waals surface area contributed by atoms with Crippen molar-refractivity contribution in [3.63, 3.8) is 0 Å². The maximum Gasteiger partial charge on any atom is 0.323 e. The molecule has 1 unspecified atom stereocenters. The molecule has 60 valence electrons. The lowest BCUT2D eigenvalue weighted by molar-refractivity contribution is -0.151. The number of hydrogen-bond acceptors (Lipinski definition) is 3. The second-order valence-corrected chi connectivity index (χ2v) is 2.50. The molecular weight excluding hydrogens is 142 g/mol. The van der Waals surface area contributed by atoms with Gasteiger partial charge in [0.05, 0.1) is 13.7 Å². The van der Waals surface area contributed by atoms with Gasteiger partial charge in [0.1, 0.15) is 6.04 Å². The molecule has 1 rings (SSSR count). The van der Waals surface area contributed by atoms with Crippen molar-refractivity contribution < 1.29 is 9.53 Å². The Morgan fingerprint density at radius 2 is 2.64 bits per heavy atom. The first-order valence-corrected chi connectivity index (χ1v) is 3.55. The maximum atomic E-state index is 10.9. The van der Waals surface area contributed by atoms with Crippen molar-refractivity contribution in [2.75, 3.05) is 20.2 Å². The van der Waals surface area contributed by atoms with E-state index in [1.807, 2.05) is 4.90 Å². The van der Waals surface area contributed by atoms with Crippen molar-refractivity contribution in [3.05, 3.63) is 0 Å². The molecule has 3 heteroatoms. The molecule has 1 heterocycles. The molecule has 0 bridgehead atoms. The van der Waals surface area contributed by atoms with Gasteiger partial charge < -0.3 is 4.74 Å². The maximum absolute atomic E-state index is 10.9. The minimum atomic E-state index is -0.175. The minimum Gasteiger partial charge on any atom is -0.468 e. The number of terminal acetylenes is 1. The molecule has 0 saturated carbocycles. The van der Waals surface area contributed by atoms with Crippen LogP contribution < -0.4 is 0 Å². The zero-order valence-electron chi connectivity index (χ0n) is 6.54. The summed E-state index contributed by atoms with van der Waals surface area (Å²) in [6, 6.07) is -0.0870. The molecule has 1 aliphatic heterocycles. The second-order valence-electron chi connectivity index (χ2n) is 2.50. The number of methoxy groups -OCH3 is 1. The number of ether oxygens (including phenoxy) is 1. The zero-order valence-corrected chi connectivity index (χ0v) is 6.54. The summed E-state index contributed by atoms with van der Waals surface area (Å²) >= 11 is 0. The predicted octanol–water partition coefficient (Wildman–Crippen LogP) is -0.133. The molecule has 0 radical (unpaired) electrons. The van der Waals surface area contributed by atoms with Crippen LogP contribution >= 0.6 is 0 Å². The molecule has 1 fully saturated rings. The highest BCUT2D eigenvalue weighted by molar-refractivity contribution is 5.76. The Labute approximate surface area is 66.3 Å². The van der Waals surface area contributed by atoms with Gasteiger partial charge in [-0.25, -0.2) is 0 Å². The van der Waals surface area contributed by atoms with Gasteiger partial charge in [0, 0.05) is 6.54 Å². The Bertz CT molecular complexity index is 195. The predicted molar refractivity (Wildman–Crippen MR) is 40.8 cm³/mol. The van der Waals surface area contributed by atoms with E-state index in [2.05, 4.69) is 10.7 Å². The van der Waals surface area contributed by atoms with Crippen molar-refractivity contribution in [1.82, 2.24) is 4.90 Å². The highest BCUT2D eigenvalue weighted by atomic mass is 16.5. The zero-order chi connectivity index (χ0) is 8.27. The van der Waals surface area contributed by atoms with Gasteiger partial charge in [-0.05, 0) is 6.42 Å². The molecule has 0 aromatic carbocycles. The largest absolute Gasteiger partial charge is 0.468 e. The first-order valence-electron chi connectivity index (χ1n) is 3.55. The fourth-order valence-corrected chi connectivity index (χ4v) is 1.15. The quantitative estimate of drug-likeness (QED) is 0.409. The molecular formula is C8H11NO2. The summed E-state index contributed by atoms with van der Waals surface area (Å²) in [5.41, 5.74) is 0. The van der Waals surface area contributed by atoms with Crippen LogP contribution in [0.15, 0.2) is 0 Å². The molecule has 0 N–H and O–H groups in total. The number of rotatable bonds is 2. The van der Waals surface area contributed by atoms with Crippen LogP contribution in [0, 0.1) is 12.3 Å². The summed E-state index contributed by atoms with van der Waals surface area (Å²) in [7, 11) is 1.40. The van der Waals surface area contributed by atoms with E-state index >= 15 is 0 Å². The Morgan fingerprint density at radius 1 is 1.91 bits per heavy atom. The van der Waals surface area contributed by atoms with Crippen LogP contribution in [0.5, 0.6) is 0 Å². The van der Waals surface area contributed by atoms with E-state index in [1.54, 1.807) is 0 Å². The van der Waals surface area contributed by atoms with Crippen molar-refractivity contribution >= 4 is 5.97 Å². The smallest absolute Gasteiger partial charge is 0.323 e. The van der Waals surface area contributed by atoms with Crippen LogP contribution in [-0.2, 0) is 9.53 Å². The van der Waals surface area contributed by atoms with Crippen molar-refractivity contribution in [1.29, 1.82) is 0 Å². The van der Waals surface area contributed by atoms with Crippen molar-refractivity contribution in [3.8, 4) is 12.3 Å². The summed E-state index contributed by atoms with van der Waals surface area (Å²) in [5.74, 6) is 2.32. The Morgan fingerprint density at radius 3 is 3.00 bits per heavy atom. The highest BCUT2D eigenvalue weighted by Crippen LogP contribution is 2.16. The normalized spacial score (nSPS) is 23.5. The van der Waals surface area contributed by atoms with Gasteiger partial charge in [-0.15, -0.1) is 6.42 Å². The molecule has 1 saturated heterocycles.